The first-order valence-electron chi connectivity index (χ1n) is 10.0. The highest BCUT2D eigenvalue weighted by atomic mass is 32.2. The topological polar surface area (TPSA) is 89.7 Å². The third kappa shape index (κ3) is 4.22. The number of ether oxygens (including phenoxy) is 3. The molecule has 1 aliphatic rings. The Morgan fingerprint density at radius 2 is 1.72 bits per heavy atom. The molecule has 0 spiro atoms. The summed E-state index contributed by atoms with van der Waals surface area (Å²) < 4.78 is 16.1. The maximum absolute atomic E-state index is 13.5. The molecule has 9 heteroatoms. The Morgan fingerprint density at radius 1 is 1.00 bits per heavy atom. The Bertz CT molecular complexity index is 1170. The van der Waals surface area contributed by atoms with Gasteiger partial charge in [-0.05, 0) is 42.0 Å². The fourth-order valence-corrected chi connectivity index (χ4v) is 6.42. The van der Waals surface area contributed by atoms with Crippen molar-refractivity contribution in [2.75, 3.05) is 26.6 Å². The van der Waals surface area contributed by atoms with Gasteiger partial charge in [-0.3, -0.25) is 9.59 Å². The molecule has 1 aromatic heterocycles. The van der Waals surface area contributed by atoms with E-state index in [9.17, 15) is 9.59 Å². The lowest BCUT2D eigenvalue weighted by atomic mass is 9.81. The summed E-state index contributed by atoms with van der Waals surface area (Å²) >= 11 is 2.67. The third-order valence-electron chi connectivity index (χ3n) is 5.52. The van der Waals surface area contributed by atoms with Crippen molar-refractivity contribution >= 4 is 34.7 Å². The molecule has 2 heterocycles. The minimum atomic E-state index is -0.404. The number of carbonyl (C=O) groups is 1. The fourth-order valence-electron chi connectivity index (χ4n) is 3.98. The van der Waals surface area contributed by atoms with Gasteiger partial charge in [-0.2, -0.15) is 0 Å². The van der Waals surface area contributed by atoms with Crippen LogP contribution in [0.4, 0.5) is 5.69 Å². The van der Waals surface area contributed by atoms with Crippen LogP contribution >= 0.6 is 23.1 Å². The summed E-state index contributed by atoms with van der Waals surface area (Å²) in [5, 5.41) is 3.79. The summed E-state index contributed by atoms with van der Waals surface area (Å²) in [5.74, 6) is 1.09. The largest absolute Gasteiger partial charge is 0.497 e. The Hall–Kier alpha value is -2.91. The van der Waals surface area contributed by atoms with Crippen molar-refractivity contribution in [2.24, 2.45) is 5.92 Å². The molecule has 4 rings (SSSR count). The highest BCUT2D eigenvalue weighted by Gasteiger charge is 2.42. The average molecular weight is 473 g/mol. The molecule has 3 aromatic rings. The van der Waals surface area contributed by atoms with Crippen molar-refractivity contribution in [2.45, 2.75) is 23.1 Å². The van der Waals surface area contributed by atoms with Crippen molar-refractivity contribution in [3.05, 3.63) is 62.6 Å². The summed E-state index contributed by atoms with van der Waals surface area (Å²) in [5.41, 5.74) is 1.58. The molecule has 0 saturated heterocycles. The highest BCUT2D eigenvalue weighted by molar-refractivity contribution is 8.00. The van der Waals surface area contributed by atoms with E-state index in [1.165, 1.54) is 11.8 Å². The number of methoxy groups -OCH3 is 3. The summed E-state index contributed by atoms with van der Waals surface area (Å²) in [6, 6.07) is 12.9. The molecule has 168 valence electrons. The number of hydrogen-bond acceptors (Lipinski definition) is 7. The normalized spacial score (nSPS) is 19.7. The van der Waals surface area contributed by atoms with Gasteiger partial charge in [0.2, 0.25) is 5.91 Å². The molecule has 2 N–H and O–H groups in total. The van der Waals surface area contributed by atoms with Crippen LogP contribution in [0.15, 0.2) is 52.3 Å². The standard InChI is InChI=1S/C23H24N2O5S2/c1-12-18(21(26)24-14-6-8-15(28-2)9-7-14)19(20-22(31-12)25-23(27)32-20)13-5-10-16(29-3)17(11-13)30-4/h5-12,18-19H,1-4H3,(H,24,26)(H,25,27)/t12-,18+,19-/m1/s1. The van der Waals surface area contributed by atoms with Crippen LogP contribution in [-0.2, 0) is 4.79 Å². The van der Waals surface area contributed by atoms with E-state index in [1.807, 2.05) is 37.3 Å². The molecule has 1 amide bonds. The van der Waals surface area contributed by atoms with Crippen LogP contribution < -0.4 is 24.4 Å². The number of benzene rings is 2. The molecule has 32 heavy (non-hydrogen) atoms. The minimum Gasteiger partial charge on any atom is -0.497 e. The second kappa shape index (κ2) is 9.30. The first-order chi connectivity index (χ1) is 15.4. The molecular weight excluding hydrogens is 448 g/mol. The number of nitrogens with one attached hydrogen (secondary N) is 2. The number of rotatable bonds is 6. The van der Waals surface area contributed by atoms with Gasteiger partial charge in [-0.25, -0.2) is 0 Å². The second-order valence-corrected chi connectivity index (χ2v) is 9.77. The third-order valence-corrected chi connectivity index (χ3v) is 7.84. The van der Waals surface area contributed by atoms with Crippen LogP contribution in [0.25, 0.3) is 0 Å². The van der Waals surface area contributed by atoms with Gasteiger partial charge in [0.05, 0.1) is 32.3 Å². The van der Waals surface area contributed by atoms with Crippen LogP contribution in [0.3, 0.4) is 0 Å². The van der Waals surface area contributed by atoms with Gasteiger partial charge in [0.1, 0.15) is 5.75 Å². The minimum absolute atomic E-state index is 0.0657. The summed E-state index contributed by atoms with van der Waals surface area (Å²) in [7, 11) is 4.76. The number of amides is 1. The van der Waals surface area contributed by atoms with Crippen LogP contribution in [0.1, 0.15) is 23.3 Å². The van der Waals surface area contributed by atoms with Gasteiger partial charge in [-0.1, -0.05) is 24.3 Å². The van der Waals surface area contributed by atoms with Gasteiger partial charge < -0.3 is 24.5 Å². The molecule has 0 fully saturated rings. The molecule has 0 saturated carbocycles. The van der Waals surface area contributed by atoms with E-state index in [4.69, 9.17) is 14.2 Å². The van der Waals surface area contributed by atoms with Crippen LogP contribution in [0.5, 0.6) is 17.2 Å². The van der Waals surface area contributed by atoms with E-state index < -0.39 is 5.92 Å². The predicted molar refractivity (Wildman–Crippen MR) is 127 cm³/mol. The van der Waals surface area contributed by atoms with E-state index in [1.54, 1.807) is 33.5 Å². The van der Waals surface area contributed by atoms with E-state index in [-0.39, 0.29) is 21.9 Å². The first-order valence-corrected chi connectivity index (χ1v) is 11.7. The number of fused-ring (bicyclic) bond motifs is 1. The SMILES string of the molecule is COc1ccc(NC(=O)[C@@H]2[C@@H](c3ccc(OC)c(OC)c3)c3sc(=O)[nH]c3S[C@@H]2C)cc1. The highest BCUT2D eigenvalue weighted by Crippen LogP contribution is 2.50. The van der Waals surface area contributed by atoms with Crippen molar-refractivity contribution in [1.82, 2.24) is 4.98 Å². The quantitative estimate of drug-likeness (QED) is 0.555. The lowest BCUT2D eigenvalue weighted by Crippen LogP contribution is -2.37. The number of aromatic amines is 1. The van der Waals surface area contributed by atoms with E-state index in [0.29, 0.717) is 17.2 Å². The molecule has 1 aliphatic heterocycles. The van der Waals surface area contributed by atoms with Crippen molar-refractivity contribution < 1.29 is 19.0 Å². The van der Waals surface area contributed by atoms with E-state index >= 15 is 0 Å². The Kier molecular flexibility index (Phi) is 6.48. The van der Waals surface area contributed by atoms with E-state index in [2.05, 4.69) is 10.3 Å². The van der Waals surface area contributed by atoms with E-state index in [0.717, 1.165) is 32.6 Å². The van der Waals surface area contributed by atoms with Crippen LogP contribution in [0.2, 0.25) is 0 Å². The summed E-state index contributed by atoms with van der Waals surface area (Å²) in [4.78, 5) is 29.4. The number of thioether (sulfide) groups is 1. The number of H-pyrrole nitrogens is 1. The lowest BCUT2D eigenvalue weighted by molar-refractivity contribution is -0.120. The van der Waals surface area contributed by atoms with Gasteiger partial charge in [-0.15, -0.1) is 11.8 Å². The van der Waals surface area contributed by atoms with Crippen LogP contribution in [0, 0.1) is 5.92 Å². The molecule has 3 atom stereocenters. The number of thiazole rings is 1. The van der Waals surface area contributed by atoms with Gasteiger partial charge in [0.25, 0.3) is 0 Å². The molecule has 0 radical (unpaired) electrons. The van der Waals surface area contributed by atoms with Crippen molar-refractivity contribution in [3.8, 4) is 17.2 Å². The fraction of sp³-hybridized carbons (Fsp3) is 0.304. The number of hydrogen-bond donors (Lipinski definition) is 2. The predicted octanol–water partition coefficient (Wildman–Crippen LogP) is 4.34. The molecule has 0 aliphatic carbocycles. The van der Waals surface area contributed by atoms with Gasteiger partial charge in [0, 0.05) is 21.7 Å². The average Bonchev–Trinajstić information content (AvgIpc) is 3.17. The zero-order valence-electron chi connectivity index (χ0n) is 18.1. The maximum Gasteiger partial charge on any atom is 0.305 e. The summed E-state index contributed by atoms with van der Waals surface area (Å²) in [6.45, 7) is 2.01. The molecule has 2 aromatic carbocycles. The molecule has 0 bridgehead atoms. The maximum atomic E-state index is 13.5. The van der Waals surface area contributed by atoms with Crippen molar-refractivity contribution in [3.63, 3.8) is 0 Å². The van der Waals surface area contributed by atoms with Crippen molar-refractivity contribution in [1.29, 1.82) is 0 Å². The first kappa shape index (κ1) is 22.3. The molecular formula is C23H24N2O5S2. The number of carbonyl (C=O) groups excluding carboxylic acids is 1. The smallest absolute Gasteiger partial charge is 0.305 e. The van der Waals surface area contributed by atoms with Gasteiger partial charge in [0.15, 0.2) is 11.5 Å². The van der Waals surface area contributed by atoms with Gasteiger partial charge >= 0.3 is 4.87 Å². The Balaban J connectivity index is 1.75. The monoisotopic (exact) mass is 472 g/mol. The Morgan fingerprint density at radius 3 is 2.38 bits per heavy atom. The summed E-state index contributed by atoms with van der Waals surface area (Å²) in [6.07, 6.45) is 0. The molecule has 7 nitrogen and oxygen atoms in total. The number of anilines is 1. The van der Waals surface area contributed by atoms with Crippen LogP contribution in [-0.4, -0.2) is 37.5 Å². The zero-order valence-corrected chi connectivity index (χ0v) is 19.8. The molecule has 0 unspecified atom stereocenters. The lowest BCUT2D eigenvalue weighted by Gasteiger charge is -2.35. The number of aromatic nitrogens is 1. The Labute approximate surface area is 194 Å². The second-order valence-electron chi connectivity index (χ2n) is 7.37. The zero-order chi connectivity index (χ0) is 22.8.